The maximum absolute atomic E-state index is 6.12. The van der Waals surface area contributed by atoms with Crippen LogP contribution in [-0.4, -0.2) is 39.6 Å². The van der Waals surface area contributed by atoms with Crippen molar-refractivity contribution >= 4 is 34.0 Å². The molecule has 0 atom stereocenters. The van der Waals surface area contributed by atoms with Crippen LogP contribution in [0.2, 0.25) is 0 Å². The standard InChI is InChI=1S/C21H20O6S3/c1-10(2)17-13-14(25-6-5-24-13)20(29-17)21-16-15(26-7-8-27-16)19(30-21)18-12-11(9-28-18)22-3-4-23-12/h9-10H,3-8H2,1-2H3. The van der Waals surface area contributed by atoms with Crippen molar-refractivity contribution in [2.75, 3.05) is 39.6 Å². The second-order valence-electron chi connectivity index (χ2n) is 7.38. The van der Waals surface area contributed by atoms with Gasteiger partial charge in [-0.1, -0.05) is 13.8 Å². The van der Waals surface area contributed by atoms with E-state index in [2.05, 4.69) is 13.8 Å². The SMILES string of the molecule is CC(C)c1sc(-c2sc(-c3scc4c3OCCO4)c3c2OCCO3)c2c1OCCO2. The van der Waals surface area contributed by atoms with Gasteiger partial charge in [0, 0.05) is 5.38 Å². The van der Waals surface area contributed by atoms with Crippen molar-refractivity contribution in [3.8, 4) is 54.0 Å². The van der Waals surface area contributed by atoms with Crippen molar-refractivity contribution in [1.82, 2.24) is 0 Å². The minimum absolute atomic E-state index is 0.349. The van der Waals surface area contributed by atoms with Crippen LogP contribution in [0.3, 0.4) is 0 Å². The summed E-state index contributed by atoms with van der Waals surface area (Å²) in [5.74, 6) is 5.22. The van der Waals surface area contributed by atoms with Gasteiger partial charge in [-0.15, -0.1) is 34.0 Å². The molecule has 3 aliphatic heterocycles. The third-order valence-corrected chi connectivity index (χ3v) is 8.93. The number of thiophene rings is 3. The smallest absolute Gasteiger partial charge is 0.181 e. The highest BCUT2D eigenvalue weighted by atomic mass is 32.1. The van der Waals surface area contributed by atoms with Crippen LogP contribution in [0.15, 0.2) is 5.38 Å². The molecule has 3 aromatic rings. The molecule has 158 valence electrons. The van der Waals surface area contributed by atoms with Crippen LogP contribution in [0.5, 0.6) is 34.5 Å². The van der Waals surface area contributed by atoms with E-state index >= 15 is 0 Å². The van der Waals surface area contributed by atoms with Crippen molar-refractivity contribution in [1.29, 1.82) is 0 Å². The Hall–Kier alpha value is -2.10. The van der Waals surface area contributed by atoms with Gasteiger partial charge in [0.25, 0.3) is 0 Å². The molecule has 3 aromatic heterocycles. The highest BCUT2D eigenvalue weighted by Crippen LogP contribution is 2.62. The third kappa shape index (κ3) is 2.79. The van der Waals surface area contributed by atoms with Crippen LogP contribution in [0, 0.1) is 0 Å². The van der Waals surface area contributed by atoms with Gasteiger partial charge in [0.1, 0.15) is 39.6 Å². The molecular formula is C21H20O6S3. The van der Waals surface area contributed by atoms with Gasteiger partial charge in [0.05, 0.1) is 24.4 Å². The summed E-state index contributed by atoms with van der Waals surface area (Å²) in [6.07, 6.45) is 0. The first-order valence-electron chi connectivity index (χ1n) is 9.95. The normalized spacial score (nSPS) is 16.8. The summed E-state index contributed by atoms with van der Waals surface area (Å²) in [4.78, 5) is 5.31. The van der Waals surface area contributed by atoms with E-state index < -0.39 is 0 Å². The van der Waals surface area contributed by atoms with Crippen molar-refractivity contribution < 1.29 is 28.4 Å². The molecule has 0 bridgehead atoms. The van der Waals surface area contributed by atoms with Gasteiger partial charge in [-0.2, -0.15) is 0 Å². The van der Waals surface area contributed by atoms with E-state index in [1.54, 1.807) is 34.0 Å². The molecule has 0 spiro atoms. The van der Waals surface area contributed by atoms with E-state index in [1.165, 1.54) is 4.88 Å². The third-order valence-electron chi connectivity index (χ3n) is 5.06. The fourth-order valence-electron chi connectivity index (χ4n) is 3.77. The van der Waals surface area contributed by atoms with Gasteiger partial charge < -0.3 is 28.4 Å². The summed E-state index contributed by atoms with van der Waals surface area (Å²) in [5.41, 5.74) is 0. The van der Waals surface area contributed by atoms with Crippen LogP contribution < -0.4 is 28.4 Å². The maximum atomic E-state index is 6.12. The molecule has 6 rings (SSSR count). The summed E-state index contributed by atoms with van der Waals surface area (Å²) >= 11 is 4.99. The zero-order valence-corrected chi connectivity index (χ0v) is 19.0. The summed E-state index contributed by atoms with van der Waals surface area (Å²) in [5, 5.41) is 2.00. The second kappa shape index (κ2) is 7.25. The zero-order chi connectivity index (χ0) is 20.2. The van der Waals surface area contributed by atoms with E-state index in [1.807, 2.05) is 5.38 Å². The zero-order valence-electron chi connectivity index (χ0n) is 16.6. The molecule has 6 nitrogen and oxygen atoms in total. The average molecular weight is 465 g/mol. The fourth-order valence-corrected chi connectivity index (χ4v) is 7.35. The van der Waals surface area contributed by atoms with Gasteiger partial charge in [0.15, 0.2) is 34.5 Å². The first-order chi connectivity index (χ1) is 14.7. The van der Waals surface area contributed by atoms with Crippen LogP contribution in [-0.2, 0) is 0 Å². The molecule has 0 aromatic carbocycles. The topological polar surface area (TPSA) is 55.4 Å². The predicted molar refractivity (Wildman–Crippen MR) is 118 cm³/mol. The molecule has 0 radical (unpaired) electrons. The lowest BCUT2D eigenvalue weighted by Crippen LogP contribution is -2.16. The minimum atomic E-state index is 0.349. The number of ether oxygens (including phenoxy) is 6. The second-order valence-corrected chi connectivity index (χ2v) is 10.3. The lowest BCUT2D eigenvalue weighted by molar-refractivity contribution is 0.170. The van der Waals surface area contributed by atoms with Crippen molar-refractivity contribution in [2.45, 2.75) is 19.8 Å². The first kappa shape index (κ1) is 18.7. The fraction of sp³-hybridized carbons (Fsp3) is 0.429. The highest BCUT2D eigenvalue weighted by molar-refractivity contribution is 7.27. The van der Waals surface area contributed by atoms with Crippen LogP contribution >= 0.6 is 34.0 Å². The van der Waals surface area contributed by atoms with Gasteiger partial charge in [-0.25, -0.2) is 0 Å². The van der Waals surface area contributed by atoms with Crippen LogP contribution in [0.1, 0.15) is 24.6 Å². The van der Waals surface area contributed by atoms with E-state index in [9.17, 15) is 0 Å². The summed E-state index contributed by atoms with van der Waals surface area (Å²) in [7, 11) is 0. The van der Waals surface area contributed by atoms with Gasteiger partial charge in [-0.05, 0) is 5.92 Å². The van der Waals surface area contributed by atoms with E-state index in [4.69, 9.17) is 28.4 Å². The molecule has 0 amide bonds. The number of fused-ring (bicyclic) bond motifs is 3. The Labute approximate surface area is 185 Å². The molecule has 6 heterocycles. The first-order valence-corrected chi connectivity index (χ1v) is 12.5. The molecule has 0 saturated heterocycles. The lowest BCUT2D eigenvalue weighted by atomic mass is 10.1. The van der Waals surface area contributed by atoms with Crippen LogP contribution in [0.25, 0.3) is 19.5 Å². The van der Waals surface area contributed by atoms with E-state index in [0.29, 0.717) is 45.6 Å². The minimum Gasteiger partial charge on any atom is -0.485 e. The average Bonchev–Trinajstić information content (AvgIpc) is 3.46. The summed E-state index contributed by atoms with van der Waals surface area (Å²) in [6.45, 7) is 7.67. The van der Waals surface area contributed by atoms with Crippen molar-refractivity contribution in [3.05, 3.63) is 10.3 Å². The Bertz CT molecular complexity index is 1110. The van der Waals surface area contributed by atoms with E-state index in [-0.39, 0.29) is 0 Å². The monoisotopic (exact) mass is 464 g/mol. The van der Waals surface area contributed by atoms with Gasteiger partial charge in [-0.3, -0.25) is 0 Å². The summed E-state index contributed by atoms with van der Waals surface area (Å²) in [6, 6.07) is 0. The number of hydrogen-bond donors (Lipinski definition) is 0. The summed E-state index contributed by atoms with van der Waals surface area (Å²) < 4.78 is 36.0. The Morgan fingerprint density at radius 1 is 0.600 bits per heavy atom. The molecule has 0 saturated carbocycles. The maximum Gasteiger partial charge on any atom is 0.181 e. The molecule has 3 aliphatic rings. The van der Waals surface area contributed by atoms with Gasteiger partial charge in [0.2, 0.25) is 0 Å². The molecule has 0 aliphatic carbocycles. The molecular weight excluding hydrogens is 444 g/mol. The highest BCUT2D eigenvalue weighted by Gasteiger charge is 2.35. The van der Waals surface area contributed by atoms with E-state index in [0.717, 1.165) is 54.0 Å². The Balaban J connectivity index is 1.54. The number of rotatable bonds is 3. The van der Waals surface area contributed by atoms with Crippen molar-refractivity contribution in [3.63, 3.8) is 0 Å². The van der Waals surface area contributed by atoms with Crippen LogP contribution in [0.4, 0.5) is 0 Å². The quantitative estimate of drug-likeness (QED) is 0.500. The predicted octanol–water partition coefficient (Wildman–Crippen LogP) is 5.64. The van der Waals surface area contributed by atoms with Crippen molar-refractivity contribution in [2.24, 2.45) is 0 Å². The molecule has 30 heavy (non-hydrogen) atoms. The Morgan fingerprint density at radius 2 is 1.10 bits per heavy atom. The molecule has 0 fully saturated rings. The van der Waals surface area contributed by atoms with Gasteiger partial charge >= 0.3 is 0 Å². The molecule has 0 N–H and O–H groups in total. The largest absolute Gasteiger partial charge is 0.485 e. The Kier molecular flexibility index (Phi) is 4.51. The Morgan fingerprint density at radius 3 is 1.77 bits per heavy atom. The molecule has 0 unspecified atom stereocenters. The number of hydrogen-bond acceptors (Lipinski definition) is 9. The lowest BCUT2D eigenvalue weighted by Gasteiger charge is -2.19. The molecule has 9 heteroatoms.